The van der Waals surface area contributed by atoms with Crippen molar-refractivity contribution in [1.82, 2.24) is 5.32 Å². The van der Waals surface area contributed by atoms with Gasteiger partial charge in [0.1, 0.15) is 0 Å². The second-order valence-electron chi connectivity index (χ2n) is 5.75. The fourth-order valence-corrected chi connectivity index (χ4v) is 2.98. The van der Waals surface area contributed by atoms with Gasteiger partial charge in [-0.05, 0) is 31.6 Å². The Balaban J connectivity index is 1.89. The first-order chi connectivity index (χ1) is 8.10. The Bertz CT molecular complexity index is 277. The van der Waals surface area contributed by atoms with Gasteiger partial charge < -0.3 is 15.8 Å². The molecular formula is C13H24N2O2. The number of hydrogen-bond acceptors (Lipinski definition) is 3. The largest absolute Gasteiger partial charge is 0.379 e. The lowest BCUT2D eigenvalue weighted by Crippen LogP contribution is -2.59. The summed E-state index contributed by atoms with van der Waals surface area (Å²) in [6.45, 7) is 3.63. The Labute approximate surface area is 103 Å². The van der Waals surface area contributed by atoms with E-state index < -0.39 is 5.54 Å². The molecule has 0 spiro atoms. The van der Waals surface area contributed by atoms with E-state index in [9.17, 15) is 4.79 Å². The number of amides is 1. The minimum atomic E-state index is -0.644. The molecule has 4 heteroatoms. The van der Waals surface area contributed by atoms with Gasteiger partial charge in [-0.15, -0.1) is 0 Å². The van der Waals surface area contributed by atoms with Crippen molar-refractivity contribution in [3.05, 3.63) is 0 Å². The van der Waals surface area contributed by atoms with E-state index in [1.54, 1.807) is 0 Å². The summed E-state index contributed by atoms with van der Waals surface area (Å²) < 4.78 is 5.37. The van der Waals surface area contributed by atoms with Crippen molar-refractivity contribution in [2.24, 2.45) is 11.7 Å². The second kappa shape index (κ2) is 5.36. The predicted octanol–water partition coefficient (Wildman–Crippen LogP) is 1.19. The summed E-state index contributed by atoms with van der Waals surface area (Å²) >= 11 is 0. The number of ether oxygens (including phenoxy) is 1. The molecule has 3 unspecified atom stereocenters. The monoisotopic (exact) mass is 240 g/mol. The van der Waals surface area contributed by atoms with Crippen molar-refractivity contribution in [3.63, 3.8) is 0 Å². The average molecular weight is 240 g/mol. The Morgan fingerprint density at radius 3 is 2.88 bits per heavy atom. The van der Waals surface area contributed by atoms with Crippen molar-refractivity contribution in [1.29, 1.82) is 0 Å². The van der Waals surface area contributed by atoms with Crippen LogP contribution >= 0.6 is 0 Å². The van der Waals surface area contributed by atoms with Crippen LogP contribution in [-0.4, -0.2) is 30.7 Å². The average Bonchev–Trinajstić information content (AvgIpc) is 2.30. The van der Waals surface area contributed by atoms with Gasteiger partial charge in [0.15, 0.2) is 0 Å². The number of carbonyl (C=O) groups is 1. The van der Waals surface area contributed by atoms with E-state index >= 15 is 0 Å². The van der Waals surface area contributed by atoms with Crippen LogP contribution in [0.2, 0.25) is 0 Å². The summed E-state index contributed by atoms with van der Waals surface area (Å²) in [5, 5.41) is 3.06. The maximum atomic E-state index is 12.2. The zero-order valence-electron chi connectivity index (χ0n) is 10.7. The topological polar surface area (TPSA) is 64.4 Å². The maximum Gasteiger partial charge on any atom is 0.240 e. The SMILES string of the molecule is CC1CCCC(N)(C(=O)NC2CCCOC2)C1. The van der Waals surface area contributed by atoms with E-state index in [4.69, 9.17) is 10.5 Å². The fourth-order valence-electron chi connectivity index (χ4n) is 2.98. The standard InChI is InChI=1S/C13H24N2O2/c1-10-4-2-6-13(14,8-10)12(16)15-11-5-3-7-17-9-11/h10-11H,2-9,14H2,1H3,(H,15,16). The molecule has 4 nitrogen and oxygen atoms in total. The highest BCUT2D eigenvalue weighted by Crippen LogP contribution is 2.30. The molecule has 0 aromatic heterocycles. The summed E-state index contributed by atoms with van der Waals surface area (Å²) in [6, 6.07) is 0.161. The zero-order valence-corrected chi connectivity index (χ0v) is 10.7. The maximum absolute atomic E-state index is 12.2. The minimum Gasteiger partial charge on any atom is -0.379 e. The van der Waals surface area contributed by atoms with Gasteiger partial charge in [-0.25, -0.2) is 0 Å². The van der Waals surface area contributed by atoms with E-state index in [0.717, 1.165) is 38.7 Å². The predicted molar refractivity (Wildman–Crippen MR) is 66.5 cm³/mol. The molecule has 2 aliphatic rings. The van der Waals surface area contributed by atoms with Crippen molar-refractivity contribution in [2.75, 3.05) is 13.2 Å². The van der Waals surface area contributed by atoms with Gasteiger partial charge in [-0.1, -0.05) is 19.8 Å². The van der Waals surface area contributed by atoms with Crippen LogP contribution in [0.25, 0.3) is 0 Å². The summed E-state index contributed by atoms with van der Waals surface area (Å²) in [4.78, 5) is 12.2. The van der Waals surface area contributed by atoms with Gasteiger partial charge in [0.2, 0.25) is 5.91 Å². The molecule has 98 valence electrons. The van der Waals surface area contributed by atoms with Gasteiger partial charge in [-0.3, -0.25) is 4.79 Å². The van der Waals surface area contributed by atoms with Crippen molar-refractivity contribution in [3.8, 4) is 0 Å². The highest BCUT2D eigenvalue weighted by Gasteiger charge is 2.38. The smallest absolute Gasteiger partial charge is 0.240 e. The molecular weight excluding hydrogens is 216 g/mol. The first-order valence-electron chi connectivity index (χ1n) is 6.78. The van der Waals surface area contributed by atoms with Crippen LogP contribution < -0.4 is 11.1 Å². The molecule has 0 aromatic rings. The molecule has 1 aliphatic carbocycles. The van der Waals surface area contributed by atoms with Gasteiger partial charge in [0.25, 0.3) is 0 Å². The molecule has 1 saturated heterocycles. The van der Waals surface area contributed by atoms with E-state index in [1.165, 1.54) is 6.42 Å². The lowest BCUT2D eigenvalue weighted by molar-refractivity contribution is -0.129. The van der Waals surface area contributed by atoms with Crippen LogP contribution in [0.3, 0.4) is 0 Å². The Hall–Kier alpha value is -0.610. The van der Waals surface area contributed by atoms with Gasteiger partial charge in [-0.2, -0.15) is 0 Å². The Kier molecular flexibility index (Phi) is 4.05. The van der Waals surface area contributed by atoms with E-state index in [0.29, 0.717) is 12.5 Å². The summed E-state index contributed by atoms with van der Waals surface area (Å²) in [7, 11) is 0. The zero-order chi connectivity index (χ0) is 12.3. The Morgan fingerprint density at radius 2 is 2.24 bits per heavy atom. The molecule has 0 aromatic carbocycles. The molecule has 1 aliphatic heterocycles. The van der Waals surface area contributed by atoms with Crippen LogP contribution in [0, 0.1) is 5.92 Å². The molecule has 2 rings (SSSR count). The van der Waals surface area contributed by atoms with Crippen LogP contribution in [0.1, 0.15) is 45.4 Å². The second-order valence-corrected chi connectivity index (χ2v) is 5.75. The third kappa shape index (κ3) is 3.19. The van der Waals surface area contributed by atoms with Crippen molar-refractivity contribution in [2.45, 2.75) is 57.0 Å². The van der Waals surface area contributed by atoms with E-state index in [1.807, 2.05) is 0 Å². The molecule has 0 radical (unpaired) electrons. The fraction of sp³-hybridized carbons (Fsp3) is 0.923. The lowest BCUT2D eigenvalue weighted by Gasteiger charge is -2.37. The van der Waals surface area contributed by atoms with Crippen molar-refractivity contribution >= 4 is 5.91 Å². The van der Waals surface area contributed by atoms with E-state index in [2.05, 4.69) is 12.2 Å². The normalized spacial score (nSPS) is 38.7. The molecule has 1 heterocycles. The van der Waals surface area contributed by atoms with Crippen LogP contribution in [0.4, 0.5) is 0 Å². The van der Waals surface area contributed by atoms with Crippen LogP contribution in [-0.2, 0) is 9.53 Å². The van der Waals surface area contributed by atoms with E-state index in [-0.39, 0.29) is 11.9 Å². The molecule has 1 amide bonds. The summed E-state index contributed by atoms with van der Waals surface area (Å²) in [6.07, 6.45) is 5.92. The molecule has 2 fully saturated rings. The number of nitrogens with two attached hydrogens (primary N) is 1. The third-order valence-electron chi connectivity index (χ3n) is 3.98. The third-order valence-corrected chi connectivity index (χ3v) is 3.98. The number of nitrogens with one attached hydrogen (secondary N) is 1. The highest BCUT2D eigenvalue weighted by molar-refractivity contribution is 5.86. The quantitative estimate of drug-likeness (QED) is 0.762. The van der Waals surface area contributed by atoms with Crippen LogP contribution in [0.5, 0.6) is 0 Å². The summed E-state index contributed by atoms with van der Waals surface area (Å²) in [5.74, 6) is 0.585. The summed E-state index contributed by atoms with van der Waals surface area (Å²) in [5.41, 5.74) is 5.61. The Morgan fingerprint density at radius 1 is 1.41 bits per heavy atom. The first-order valence-corrected chi connectivity index (χ1v) is 6.78. The molecule has 0 bridgehead atoms. The first kappa shape index (κ1) is 12.8. The van der Waals surface area contributed by atoms with Gasteiger partial charge in [0.05, 0.1) is 18.2 Å². The number of rotatable bonds is 2. The number of carbonyl (C=O) groups excluding carboxylic acids is 1. The molecule has 17 heavy (non-hydrogen) atoms. The van der Waals surface area contributed by atoms with Crippen molar-refractivity contribution < 1.29 is 9.53 Å². The molecule has 3 N–H and O–H groups in total. The van der Waals surface area contributed by atoms with Gasteiger partial charge in [0, 0.05) is 6.61 Å². The highest BCUT2D eigenvalue weighted by atomic mass is 16.5. The minimum absolute atomic E-state index is 0.0274. The van der Waals surface area contributed by atoms with Gasteiger partial charge >= 0.3 is 0 Å². The lowest BCUT2D eigenvalue weighted by atomic mass is 9.76. The molecule has 3 atom stereocenters. The van der Waals surface area contributed by atoms with Crippen LogP contribution in [0.15, 0.2) is 0 Å². The molecule has 1 saturated carbocycles. The number of hydrogen-bond donors (Lipinski definition) is 2.